The Morgan fingerprint density at radius 2 is 1.90 bits per heavy atom. The molecule has 21 heavy (non-hydrogen) atoms. The van der Waals surface area contributed by atoms with Crippen LogP contribution in [0.5, 0.6) is 5.75 Å². The maximum absolute atomic E-state index is 11.8. The summed E-state index contributed by atoms with van der Waals surface area (Å²) < 4.78 is 5.83. The molecular weight excluding hydrogens is 264 g/mol. The van der Waals surface area contributed by atoms with Crippen LogP contribution in [0, 0.1) is 20.8 Å². The Morgan fingerprint density at radius 1 is 1.24 bits per heavy atom. The van der Waals surface area contributed by atoms with Gasteiger partial charge in [0.2, 0.25) is 0 Å². The number of urea groups is 1. The summed E-state index contributed by atoms with van der Waals surface area (Å²) in [6.07, 6.45) is 2.12. The van der Waals surface area contributed by atoms with Gasteiger partial charge in [-0.05, 0) is 43.9 Å². The monoisotopic (exact) mass is 292 g/mol. The van der Waals surface area contributed by atoms with Gasteiger partial charge in [-0.15, -0.1) is 0 Å². The zero-order valence-corrected chi connectivity index (χ0v) is 14.0. The molecule has 1 aromatic carbocycles. The summed E-state index contributed by atoms with van der Waals surface area (Å²) in [6.45, 7) is 10.1. The Morgan fingerprint density at radius 3 is 2.57 bits per heavy atom. The third-order valence-corrected chi connectivity index (χ3v) is 3.69. The van der Waals surface area contributed by atoms with Crippen molar-refractivity contribution >= 4 is 6.03 Å². The first-order valence-electron chi connectivity index (χ1n) is 7.66. The van der Waals surface area contributed by atoms with Crippen LogP contribution < -0.4 is 10.1 Å². The number of nitrogens with zero attached hydrogens (tertiary/aromatic N) is 1. The van der Waals surface area contributed by atoms with E-state index in [1.807, 2.05) is 14.0 Å². The van der Waals surface area contributed by atoms with Crippen molar-refractivity contribution in [3.63, 3.8) is 0 Å². The van der Waals surface area contributed by atoms with Gasteiger partial charge < -0.3 is 15.0 Å². The number of rotatable bonds is 7. The Hall–Kier alpha value is -1.71. The van der Waals surface area contributed by atoms with Crippen molar-refractivity contribution in [3.8, 4) is 5.75 Å². The summed E-state index contributed by atoms with van der Waals surface area (Å²) in [7, 11) is 1.82. The second kappa shape index (κ2) is 8.55. The molecule has 0 aliphatic carbocycles. The van der Waals surface area contributed by atoms with Crippen molar-refractivity contribution in [2.75, 3.05) is 26.7 Å². The molecule has 1 rings (SSSR count). The molecule has 0 saturated heterocycles. The number of hydrogen-bond donors (Lipinski definition) is 1. The van der Waals surface area contributed by atoms with Crippen LogP contribution in [0.4, 0.5) is 4.79 Å². The van der Waals surface area contributed by atoms with Crippen LogP contribution in [0.15, 0.2) is 12.1 Å². The molecule has 4 heteroatoms. The van der Waals surface area contributed by atoms with Crippen molar-refractivity contribution in [1.82, 2.24) is 10.2 Å². The number of aryl methyl sites for hydroxylation is 2. The molecule has 0 aliphatic heterocycles. The number of hydrogen-bond acceptors (Lipinski definition) is 2. The second-order valence-electron chi connectivity index (χ2n) is 5.51. The van der Waals surface area contributed by atoms with Gasteiger partial charge in [-0.2, -0.15) is 0 Å². The predicted octanol–water partition coefficient (Wildman–Crippen LogP) is 3.43. The lowest BCUT2D eigenvalue weighted by atomic mass is 10.1. The summed E-state index contributed by atoms with van der Waals surface area (Å²) in [5, 5.41) is 2.88. The molecule has 0 heterocycles. The molecule has 0 unspecified atom stereocenters. The van der Waals surface area contributed by atoms with E-state index < -0.39 is 0 Å². The zero-order chi connectivity index (χ0) is 15.8. The molecule has 0 aromatic heterocycles. The van der Waals surface area contributed by atoms with E-state index >= 15 is 0 Å². The Kier molecular flexibility index (Phi) is 7.06. The second-order valence-corrected chi connectivity index (χ2v) is 5.51. The average molecular weight is 292 g/mol. The molecule has 0 fully saturated rings. The predicted molar refractivity (Wildman–Crippen MR) is 87.1 cm³/mol. The minimum atomic E-state index is -0.0373. The highest BCUT2D eigenvalue weighted by Crippen LogP contribution is 2.25. The van der Waals surface area contributed by atoms with Crippen LogP contribution in [-0.4, -0.2) is 37.7 Å². The van der Waals surface area contributed by atoms with Gasteiger partial charge in [0, 0.05) is 13.6 Å². The van der Waals surface area contributed by atoms with E-state index in [1.54, 1.807) is 4.90 Å². The van der Waals surface area contributed by atoms with E-state index in [0.717, 1.165) is 30.7 Å². The molecule has 118 valence electrons. The number of nitrogens with one attached hydrogen (secondary N) is 1. The Labute approximate surface area is 128 Å². The molecule has 0 aliphatic rings. The summed E-state index contributed by atoms with van der Waals surface area (Å²) in [5.41, 5.74) is 3.52. The maximum Gasteiger partial charge on any atom is 0.317 e. The van der Waals surface area contributed by atoms with Crippen LogP contribution in [0.2, 0.25) is 0 Å². The highest BCUT2D eigenvalue weighted by Gasteiger charge is 2.08. The molecule has 1 N–H and O–H groups in total. The van der Waals surface area contributed by atoms with Gasteiger partial charge in [-0.3, -0.25) is 0 Å². The SMILES string of the molecule is CCCCN(C)C(=O)NCCOc1c(C)ccc(C)c1C. The summed E-state index contributed by atoms with van der Waals surface area (Å²) >= 11 is 0. The van der Waals surface area contributed by atoms with Crippen molar-refractivity contribution in [2.24, 2.45) is 0 Å². The Balaban J connectivity index is 2.38. The zero-order valence-electron chi connectivity index (χ0n) is 14.0. The van der Waals surface area contributed by atoms with Crippen molar-refractivity contribution in [2.45, 2.75) is 40.5 Å². The van der Waals surface area contributed by atoms with Crippen LogP contribution in [0.3, 0.4) is 0 Å². The smallest absolute Gasteiger partial charge is 0.317 e. The molecule has 0 saturated carbocycles. The summed E-state index contributed by atoms with van der Waals surface area (Å²) in [4.78, 5) is 13.5. The van der Waals surface area contributed by atoms with E-state index in [-0.39, 0.29) is 6.03 Å². The normalized spacial score (nSPS) is 10.3. The molecule has 0 spiro atoms. The highest BCUT2D eigenvalue weighted by atomic mass is 16.5. The van der Waals surface area contributed by atoms with Gasteiger partial charge in [-0.1, -0.05) is 25.5 Å². The van der Waals surface area contributed by atoms with Gasteiger partial charge in [-0.25, -0.2) is 4.79 Å². The lowest BCUT2D eigenvalue weighted by Gasteiger charge is -2.18. The molecule has 0 atom stereocenters. The van der Waals surface area contributed by atoms with Gasteiger partial charge in [0.1, 0.15) is 12.4 Å². The van der Waals surface area contributed by atoms with Gasteiger partial charge in [0.05, 0.1) is 6.54 Å². The molecular formula is C17H28N2O2. The average Bonchev–Trinajstić information content (AvgIpc) is 2.47. The number of carbonyl (C=O) groups is 1. The topological polar surface area (TPSA) is 41.6 Å². The highest BCUT2D eigenvalue weighted by molar-refractivity contribution is 5.73. The molecule has 4 nitrogen and oxygen atoms in total. The summed E-state index contributed by atoms with van der Waals surface area (Å²) in [6, 6.07) is 4.13. The van der Waals surface area contributed by atoms with Crippen LogP contribution >= 0.6 is 0 Å². The standard InChI is InChI=1S/C17H28N2O2/c1-6-7-11-19(5)17(20)18-10-12-21-16-14(3)9-8-13(2)15(16)4/h8-9H,6-7,10-12H2,1-5H3,(H,18,20). The fourth-order valence-corrected chi connectivity index (χ4v) is 2.09. The van der Waals surface area contributed by atoms with Crippen molar-refractivity contribution in [3.05, 3.63) is 28.8 Å². The van der Waals surface area contributed by atoms with Gasteiger partial charge in [0.25, 0.3) is 0 Å². The first-order chi connectivity index (χ1) is 9.97. The van der Waals surface area contributed by atoms with Crippen LogP contribution in [0.1, 0.15) is 36.5 Å². The van der Waals surface area contributed by atoms with E-state index in [1.165, 1.54) is 11.1 Å². The number of ether oxygens (including phenoxy) is 1. The largest absolute Gasteiger partial charge is 0.491 e. The van der Waals surface area contributed by atoms with Gasteiger partial charge in [0.15, 0.2) is 0 Å². The third-order valence-electron chi connectivity index (χ3n) is 3.69. The lowest BCUT2D eigenvalue weighted by Crippen LogP contribution is -2.39. The van der Waals surface area contributed by atoms with Gasteiger partial charge >= 0.3 is 6.03 Å². The fraction of sp³-hybridized carbons (Fsp3) is 0.588. The molecule has 1 aromatic rings. The van der Waals surface area contributed by atoms with E-state index in [0.29, 0.717) is 13.2 Å². The number of unbranched alkanes of at least 4 members (excludes halogenated alkanes) is 1. The first kappa shape index (κ1) is 17.3. The van der Waals surface area contributed by atoms with Crippen LogP contribution in [-0.2, 0) is 0 Å². The third kappa shape index (κ3) is 5.29. The number of benzene rings is 1. The van der Waals surface area contributed by atoms with Crippen molar-refractivity contribution in [1.29, 1.82) is 0 Å². The lowest BCUT2D eigenvalue weighted by molar-refractivity contribution is 0.204. The van der Waals surface area contributed by atoms with Crippen LogP contribution in [0.25, 0.3) is 0 Å². The Bertz CT molecular complexity index is 472. The fourth-order valence-electron chi connectivity index (χ4n) is 2.09. The maximum atomic E-state index is 11.8. The van der Waals surface area contributed by atoms with E-state index in [2.05, 4.69) is 38.2 Å². The minimum absolute atomic E-state index is 0.0373. The molecule has 0 bridgehead atoms. The summed E-state index contributed by atoms with van der Waals surface area (Å²) in [5.74, 6) is 0.934. The quantitative estimate of drug-likeness (QED) is 0.782. The number of amides is 2. The first-order valence-corrected chi connectivity index (χ1v) is 7.66. The van der Waals surface area contributed by atoms with E-state index in [9.17, 15) is 4.79 Å². The minimum Gasteiger partial charge on any atom is -0.491 e. The van der Waals surface area contributed by atoms with Crippen molar-refractivity contribution < 1.29 is 9.53 Å². The molecule has 2 amide bonds. The van der Waals surface area contributed by atoms with E-state index in [4.69, 9.17) is 4.74 Å². The number of carbonyl (C=O) groups excluding carboxylic acids is 1. The molecule has 0 radical (unpaired) electrons.